The van der Waals surface area contributed by atoms with Crippen LogP contribution in [-0.2, 0) is 9.53 Å². The molecule has 0 aliphatic rings. The molecule has 0 heterocycles. The molecule has 0 atom stereocenters. The molecular weight excluding hydrogens is 242 g/mol. The van der Waals surface area contributed by atoms with Gasteiger partial charge in [0.05, 0.1) is 0 Å². The topological polar surface area (TPSA) is 55.4 Å². The first-order valence-corrected chi connectivity index (χ1v) is 6.43. The molecular formula is C15H21NO3. The molecule has 4 nitrogen and oxygen atoms in total. The molecule has 104 valence electrons. The smallest absolute Gasteiger partial charge is 0.306 e. The fraction of sp³-hybridized carbons (Fsp3) is 0.467. The molecule has 19 heavy (non-hydrogen) atoms. The number of benzene rings is 1. The highest BCUT2D eigenvalue weighted by Gasteiger charge is 2.15. The van der Waals surface area contributed by atoms with Crippen LogP contribution in [0.25, 0.3) is 0 Å². The van der Waals surface area contributed by atoms with E-state index in [2.05, 4.69) is 5.32 Å². The Morgan fingerprint density at radius 1 is 1.16 bits per heavy atom. The first kappa shape index (κ1) is 15.2. The standard InChI is InChI=1S/C15H21NO3/c1-15(2,3)19-13(17)10-7-11-16-14(18)12-8-5-4-6-9-12/h4-6,8-9H,7,10-11H2,1-3H3,(H,16,18). The Hall–Kier alpha value is -1.84. The van der Waals surface area contributed by atoms with Crippen molar-refractivity contribution in [3.05, 3.63) is 35.9 Å². The van der Waals surface area contributed by atoms with E-state index in [1.165, 1.54) is 0 Å². The van der Waals surface area contributed by atoms with E-state index in [1.54, 1.807) is 12.1 Å². The molecule has 0 aliphatic carbocycles. The lowest BCUT2D eigenvalue weighted by molar-refractivity contribution is -0.154. The third-order valence-electron chi connectivity index (χ3n) is 2.30. The Morgan fingerprint density at radius 3 is 2.37 bits per heavy atom. The molecule has 0 spiro atoms. The minimum absolute atomic E-state index is 0.121. The van der Waals surface area contributed by atoms with E-state index in [0.717, 1.165) is 0 Å². The van der Waals surface area contributed by atoms with Gasteiger partial charge in [0.2, 0.25) is 0 Å². The lowest BCUT2D eigenvalue weighted by Crippen LogP contribution is -2.27. The molecule has 1 aromatic rings. The summed E-state index contributed by atoms with van der Waals surface area (Å²) in [5, 5.41) is 2.77. The monoisotopic (exact) mass is 263 g/mol. The van der Waals surface area contributed by atoms with Crippen molar-refractivity contribution in [3.8, 4) is 0 Å². The van der Waals surface area contributed by atoms with Gasteiger partial charge in [0.25, 0.3) is 5.91 Å². The fourth-order valence-corrected chi connectivity index (χ4v) is 1.52. The zero-order chi connectivity index (χ0) is 14.3. The van der Waals surface area contributed by atoms with Gasteiger partial charge in [-0.2, -0.15) is 0 Å². The fourth-order valence-electron chi connectivity index (χ4n) is 1.52. The predicted octanol–water partition coefficient (Wildman–Crippen LogP) is 2.54. The summed E-state index contributed by atoms with van der Waals surface area (Å²) < 4.78 is 5.18. The molecule has 0 saturated heterocycles. The molecule has 0 fully saturated rings. The Kier molecular flexibility index (Phi) is 5.55. The van der Waals surface area contributed by atoms with Crippen molar-refractivity contribution in [2.24, 2.45) is 0 Å². The zero-order valence-electron chi connectivity index (χ0n) is 11.7. The second-order valence-electron chi connectivity index (χ2n) is 5.31. The number of amides is 1. The molecule has 1 rings (SSSR count). The van der Waals surface area contributed by atoms with E-state index in [0.29, 0.717) is 24.9 Å². The van der Waals surface area contributed by atoms with Gasteiger partial charge in [0.15, 0.2) is 0 Å². The van der Waals surface area contributed by atoms with Gasteiger partial charge in [-0.3, -0.25) is 9.59 Å². The van der Waals surface area contributed by atoms with E-state index >= 15 is 0 Å². The Morgan fingerprint density at radius 2 is 1.79 bits per heavy atom. The second-order valence-corrected chi connectivity index (χ2v) is 5.31. The van der Waals surface area contributed by atoms with Crippen molar-refractivity contribution < 1.29 is 14.3 Å². The van der Waals surface area contributed by atoms with Crippen molar-refractivity contribution in [3.63, 3.8) is 0 Å². The third kappa shape index (κ3) is 6.60. The maximum Gasteiger partial charge on any atom is 0.306 e. The number of hydrogen-bond acceptors (Lipinski definition) is 3. The van der Waals surface area contributed by atoms with Gasteiger partial charge in [0, 0.05) is 18.5 Å². The van der Waals surface area contributed by atoms with Gasteiger partial charge < -0.3 is 10.1 Å². The summed E-state index contributed by atoms with van der Waals surface area (Å²) >= 11 is 0. The van der Waals surface area contributed by atoms with Crippen LogP contribution in [0.1, 0.15) is 44.0 Å². The maximum atomic E-state index is 11.7. The summed E-state index contributed by atoms with van der Waals surface area (Å²) in [7, 11) is 0. The maximum absolute atomic E-state index is 11.7. The van der Waals surface area contributed by atoms with E-state index in [4.69, 9.17) is 4.74 Å². The average Bonchev–Trinajstić information content (AvgIpc) is 2.33. The molecule has 0 bridgehead atoms. The van der Waals surface area contributed by atoms with Crippen molar-refractivity contribution in [2.75, 3.05) is 6.54 Å². The highest BCUT2D eigenvalue weighted by atomic mass is 16.6. The molecule has 0 aromatic heterocycles. The van der Waals surface area contributed by atoms with Gasteiger partial charge >= 0.3 is 5.97 Å². The third-order valence-corrected chi connectivity index (χ3v) is 2.30. The van der Waals surface area contributed by atoms with E-state index in [1.807, 2.05) is 39.0 Å². The van der Waals surface area contributed by atoms with E-state index in [-0.39, 0.29) is 11.9 Å². The minimum Gasteiger partial charge on any atom is -0.460 e. The predicted molar refractivity (Wildman–Crippen MR) is 73.9 cm³/mol. The molecule has 0 radical (unpaired) electrons. The van der Waals surface area contributed by atoms with Crippen LogP contribution < -0.4 is 5.32 Å². The Bertz CT molecular complexity index is 421. The first-order chi connectivity index (χ1) is 8.88. The number of carbonyl (C=O) groups is 2. The quantitative estimate of drug-likeness (QED) is 0.656. The van der Waals surface area contributed by atoms with Crippen molar-refractivity contribution in [1.29, 1.82) is 0 Å². The van der Waals surface area contributed by atoms with Crippen LogP contribution in [0.3, 0.4) is 0 Å². The molecule has 4 heteroatoms. The number of ether oxygens (including phenoxy) is 1. The summed E-state index contributed by atoms with van der Waals surface area (Å²) in [6, 6.07) is 9.00. The highest BCUT2D eigenvalue weighted by molar-refractivity contribution is 5.94. The van der Waals surface area contributed by atoms with Crippen molar-refractivity contribution in [1.82, 2.24) is 5.32 Å². The van der Waals surface area contributed by atoms with Crippen LogP contribution in [0, 0.1) is 0 Å². The highest BCUT2D eigenvalue weighted by Crippen LogP contribution is 2.08. The molecule has 0 unspecified atom stereocenters. The average molecular weight is 263 g/mol. The lowest BCUT2D eigenvalue weighted by Gasteiger charge is -2.19. The van der Waals surface area contributed by atoms with Gasteiger partial charge in [-0.1, -0.05) is 18.2 Å². The van der Waals surface area contributed by atoms with Crippen LogP contribution in [0.4, 0.5) is 0 Å². The minimum atomic E-state index is -0.454. The number of carbonyl (C=O) groups excluding carboxylic acids is 2. The van der Waals surface area contributed by atoms with Crippen LogP contribution in [0.2, 0.25) is 0 Å². The van der Waals surface area contributed by atoms with Crippen molar-refractivity contribution in [2.45, 2.75) is 39.2 Å². The summed E-state index contributed by atoms with van der Waals surface area (Å²) in [6.07, 6.45) is 0.889. The molecule has 0 saturated carbocycles. The van der Waals surface area contributed by atoms with Crippen LogP contribution >= 0.6 is 0 Å². The summed E-state index contributed by atoms with van der Waals surface area (Å²) in [5.74, 6) is -0.355. The van der Waals surface area contributed by atoms with E-state index in [9.17, 15) is 9.59 Å². The normalized spacial score (nSPS) is 10.9. The SMILES string of the molecule is CC(C)(C)OC(=O)CCCNC(=O)c1ccccc1. The Labute approximate surface area is 114 Å². The van der Waals surface area contributed by atoms with E-state index < -0.39 is 5.60 Å². The molecule has 1 N–H and O–H groups in total. The number of hydrogen-bond donors (Lipinski definition) is 1. The largest absolute Gasteiger partial charge is 0.460 e. The first-order valence-electron chi connectivity index (χ1n) is 6.43. The summed E-state index contributed by atoms with van der Waals surface area (Å²) in [4.78, 5) is 23.1. The molecule has 0 aliphatic heterocycles. The Balaban J connectivity index is 2.21. The summed E-state index contributed by atoms with van der Waals surface area (Å²) in [5.41, 5.74) is 0.171. The number of nitrogens with one attached hydrogen (secondary N) is 1. The van der Waals surface area contributed by atoms with Gasteiger partial charge in [-0.15, -0.1) is 0 Å². The van der Waals surface area contributed by atoms with Crippen molar-refractivity contribution >= 4 is 11.9 Å². The van der Waals surface area contributed by atoms with Crippen LogP contribution in [-0.4, -0.2) is 24.0 Å². The number of rotatable bonds is 5. The lowest BCUT2D eigenvalue weighted by atomic mass is 10.2. The second kappa shape index (κ2) is 6.92. The number of esters is 1. The van der Waals surface area contributed by atoms with Crippen LogP contribution in [0.15, 0.2) is 30.3 Å². The van der Waals surface area contributed by atoms with Crippen LogP contribution in [0.5, 0.6) is 0 Å². The molecule has 1 aromatic carbocycles. The van der Waals surface area contributed by atoms with Gasteiger partial charge in [-0.05, 0) is 39.3 Å². The van der Waals surface area contributed by atoms with Gasteiger partial charge in [0.1, 0.15) is 5.60 Å². The van der Waals surface area contributed by atoms with Gasteiger partial charge in [-0.25, -0.2) is 0 Å². The molecule has 1 amide bonds. The summed E-state index contributed by atoms with van der Waals surface area (Å²) in [6.45, 7) is 5.97. The zero-order valence-corrected chi connectivity index (χ0v) is 11.7.